The molecule has 1 N–H and O–H groups in total. The highest BCUT2D eigenvalue weighted by atomic mass is 32.1. The summed E-state index contributed by atoms with van der Waals surface area (Å²) in [6, 6.07) is 9.22. The van der Waals surface area contributed by atoms with Crippen molar-refractivity contribution in [3.8, 4) is 0 Å². The van der Waals surface area contributed by atoms with Crippen LogP contribution in [0.1, 0.15) is 29.4 Å². The molecule has 0 aliphatic rings. The Kier molecular flexibility index (Phi) is 5.02. The summed E-state index contributed by atoms with van der Waals surface area (Å²) in [6.45, 7) is 3.53. The van der Waals surface area contributed by atoms with E-state index in [1.54, 1.807) is 18.4 Å². The van der Waals surface area contributed by atoms with Gasteiger partial charge in [0.05, 0.1) is 18.1 Å². The Morgan fingerprint density at radius 2 is 2.03 bits per heavy atom. The van der Waals surface area contributed by atoms with Crippen LogP contribution in [0.25, 0.3) is 21.1 Å². The van der Waals surface area contributed by atoms with Gasteiger partial charge in [-0.25, -0.2) is 4.98 Å². The van der Waals surface area contributed by atoms with Gasteiger partial charge in [-0.1, -0.05) is 18.2 Å². The summed E-state index contributed by atoms with van der Waals surface area (Å²) in [7, 11) is 0. The molecule has 0 saturated heterocycles. The number of aromatic nitrogens is 3. The van der Waals surface area contributed by atoms with Crippen LogP contribution in [0.2, 0.25) is 0 Å². The molecule has 4 aromatic rings. The molecule has 0 aliphatic carbocycles. The van der Waals surface area contributed by atoms with Gasteiger partial charge in [0.2, 0.25) is 5.78 Å². The number of nitrogens with one attached hydrogen (secondary N) is 1. The number of hydrogen-bond donors (Lipinski definition) is 1. The highest BCUT2D eigenvalue weighted by Gasteiger charge is 2.24. The molecule has 0 amide bonds. The Morgan fingerprint density at radius 1 is 1.24 bits per heavy atom. The number of ether oxygens (including phenoxy) is 1. The van der Waals surface area contributed by atoms with Crippen LogP contribution in [0.5, 0.6) is 0 Å². The van der Waals surface area contributed by atoms with E-state index in [1.807, 2.05) is 31.2 Å². The zero-order valence-electron chi connectivity index (χ0n) is 16.0. The lowest BCUT2D eigenvalue weighted by molar-refractivity contribution is -0.146. The summed E-state index contributed by atoms with van der Waals surface area (Å²) in [5.74, 6) is -0.799. The smallest absolute Gasteiger partial charge is 0.308 e. The lowest BCUT2D eigenvalue weighted by atomic mass is 10.0. The fourth-order valence-electron chi connectivity index (χ4n) is 3.37. The number of benzene rings is 1. The average Bonchev–Trinajstić information content (AvgIpc) is 3.30. The molecule has 7 nitrogen and oxygen atoms in total. The fourth-order valence-corrected chi connectivity index (χ4v) is 4.09. The van der Waals surface area contributed by atoms with Crippen LogP contribution in [0, 0.1) is 6.92 Å². The van der Waals surface area contributed by atoms with E-state index in [0.717, 1.165) is 16.6 Å². The maximum absolute atomic E-state index is 12.9. The van der Waals surface area contributed by atoms with E-state index in [9.17, 15) is 14.4 Å². The Bertz CT molecular complexity index is 1280. The van der Waals surface area contributed by atoms with Gasteiger partial charge in [0.15, 0.2) is 6.10 Å². The number of fused-ring (bicyclic) bond motifs is 2. The van der Waals surface area contributed by atoms with Gasteiger partial charge in [-0.3, -0.25) is 19.0 Å². The molecule has 0 saturated carbocycles. The third-order valence-corrected chi connectivity index (χ3v) is 5.65. The standard InChI is InChI=1S/C21H19N3O4S/c1-12-18(14-5-3-4-6-16(14)23-12)19(26)13(2)28-17(25)7-9-24-11-22-20-15(21(24)27)8-10-29-20/h3-6,8,10-11,13,23H,7,9H2,1-2H3/t13-/m0/s1. The number of thiophene rings is 1. The summed E-state index contributed by atoms with van der Waals surface area (Å²) >= 11 is 1.39. The molecule has 0 bridgehead atoms. The average molecular weight is 409 g/mol. The number of carbonyl (C=O) groups excluding carboxylic acids is 2. The van der Waals surface area contributed by atoms with E-state index in [1.165, 1.54) is 22.2 Å². The third-order valence-electron chi connectivity index (χ3n) is 4.82. The predicted molar refractivity (Wildman–Crippen MR) is 111 cm³/mol. The van der Waals surface area contributed by atoms with Crippen LogP contribution < -0.4 is 5.56 Å². The summed E-state index contributed by atoms with van der Waals surface area (Å²) in [5, 5.41) is 3.14. The zero-order valence-corrected chi connectivity index (χ0v) is 16.8. The second-order valence-electron chi connectivity index (χ2n) is 6.80. The molecule has 0 radical (unpaired) electrons. The number of nitrogens with zero attached hydrogens (tertiary/aromatic N) is 2. The van der Waals surface area contributed by atoms with E-state index in [-0.39, 0.29) is 24.3 Å². The second kappa shape index (κ2) is 7.63. The van der Waals surface area contributed by atoms with Gasteiger partial charge in [0.25, 0.3) is 5.56 Å². The highest BCUT2D eigenvalue weighted by molar-refractivity contribution is 7.16. The normalized spacial score (nSPS) is 12.3. The van der Waals surface area contributed by atoms with Crippen molar-refractivity contribution >= 4 is 44.2 Å². The number of aromatic amines is 1. The van der Waals surface area contributed by atoms with E-state index in [2.05, 4.69) is 9.97 Å². The first-order chi connectivity index (χ1) is 14.0. The van der Waals surface area contributed by atoms with Crippen molar-refractivity contribution in [1.82, 2.24) is 14.5 Å². The van der Waals surface area contributed by atoms with Gasteiger partial charge < -0.3 is 9.72 Å². The van der Waals surface area contributed by atoms with Gasteiger partial charge in [-0.15, -0.1) is 11.3 Å². The van der Waals surface area contributed by atoms with Crippen LogP contribution in [-0.4, -0.2) is 32.4 Å². The largest absolute Gasteiger partial charge is 0.454 e. The van der Waals surface area contributed by atoms with E-state index < -0.39 is 12.1 Å². The molecule has 0 fully saturated rings. The first kappa shape index (κ1) is 19.1. The van der Waals surface area contributed by atoms with Gasteiger partial charge in [0.1, 0.15) is 4.83 Å². The summed E-state index contributed by atoms with van der Waals surface area (Å²) in [4.78, 5) is 45.5. The molecular weight excluding hydrogens is 390 g/mol. The highest BCUT2D eigenvalue weighted by Crippen LogP contribution is 2.24. The molecule has 4 rings (SSSR count). The Balaban J connectivity index is 1.43. The number of H-pyrrole nitrogens is 1. The lowest BCUT2D eigenvalue weighted by Gasteiger charge is -2.13. The van der Waals surface area contributed by atoms with Crippen LogP contribution in [-0.2, 0) is 16.1 Å². The minimum atomic E-state index is -0.922. The van der Waals surface area contributed by atoms with Crippen molar-refractivity contribution in [2.75, 3.05) is 0 Å². The molecule has 0 spiro atoms. The number of esters is 1. The van der Waals surface area contributed by atoms with Crippen LogP contribution in [0.3, 0.4) is 0 Å². The van der Waals surface area contributed by atoms with Gasteiger partial charge in [0, 0.05) is 28.7 Å². The van der Waals surface area contributed by atoms with E-state index in [4.69, 9.17) is 4.74 Å². The quantitative estimate of drug-likeness (QED) is 0.389. The second-order valence-corrected chi connectivity index (χ2v) is 7.69. The number of aryl methyl sites for hydroxylation is 2. The summed E-state index contributed by atoms with van der Waals surface area (Å²) in [6.07, 6.45) is 0.481. The molecule has 3 aromatic heterocycles. The molecule has 8 heteroatoms. The van der Waals surface area contributed by atoms with Crippen LogP contribution >= 0.6 is 11.3 Å². The van der Waals surface area contributed by atoms with E-state index >= 15 is 0 Å². The van der Waals surface area contributed by atoms with Crippen molar-refractivity contribution in [2.24, 2.45) is 0 Å². The number of rotatable bonds is 6. The molecule has 29 heavy (non-hydrogen) atoms. The minimum absolute atomic E-state index is 0.0261. The minimum Gasteiger partial charge on any atom is -0.454 e. The number of Topliss-reactive ketones (excluding diaryl/α,β-unsaturated/α-hetero) is 1. The molecule has 3 heterocycles. The third kappa shape index (κ3) is 3.58. The van der Waals surface area contributed by atoms with Crippen LogP contribution in [0.4, 0.5) is 0 Å². The first-order valence-corrected chi connectivity index (χ1v) is 10.1. The molecular formula is C21H19N3O4S. The summed E-state index contributed by atoms with van der Waals surface area (Å²) in [5.41, 5.74) is 1.94. The molecule has 0 aliphatic heterocycles. The van der Waals surface area contributed by atoms with Gasteiger partial charge in [-0.2, -0.15) is 0 Å². The molecule has 1 aromatic carbocycles. The molecule has 1 atom stereocenters. The Labute approximate surface area is 170 Å². The Morgan fingerprint density at radius 3 is 2.86 bits per heavy atom. The van der Waals surface area contributed by atoms with Crippen molar-refractivity contribution in [1.29, 1.82) is 0 Å². The van der Waals surface area contributed by atoms with Crippen molar-refractivity contribution in [3.63, 3.8) is 0 Å². The topological polar surface area (TPSA) is 94.1 Å². The Hall–Kier alpha value is -3.26. The monoisotopic (exact) mass is 409 g/mol. The van der Waals surface area contributed by atoms with Crippen molar-refractivity contribution in [2.45, 2.75) is 32.9 Å². The molecule has 148 valence electrons. The number of carbonyl (C=O) groups is 2. The first-order valence-electron chi connectivity index (χ1n) is 9.19. The van der Waals surface area contributed by atoms with Gasteiger partial charge >= 0.3 is 5.97 Å². The predicted octanol–water partition coefficient (Wildman–Crippen LogP) is 3.45. The number of hydrogen-bond acceptors (Lipinski definition) is 6. The lowest BCUT2D eigenvalue weighted by Crippen LogP contribution is -2.27. The zero-order chi connectivity index (χ0) is 20.5. The summed E-state index contributed by atoms with van der Waals surface area (Å²) < 4.78 is 6.72. The van der Waals surface area contributed by atoms with E-state index in [0.29, 0.717) is 15.8 Å². The number of ketones is 1. The maximum Gasteiger partial charge on any atom is 0.308 e. The van der Waals surface area contributed by atoms with Crippen molar-refractivity contribution < 1.29 is 14.3 Å². The number of para-hydroxylation sites is 1. The van der Waals surface area contributed by atoms with Crippen molar-refractivity contribution in [3.05, 3.63) is 63.7 Å². The maximum atomic E-state index is 12.9. The van der Waals surface area contributed by atoms with Gasteiger partial charge in [-0.05, 0) is 31.4 Å². The van der Waals surface area contributed by atoms with Crippen LogP contribution in [0.15, 0.2) is 46.8 Å². The SMILES string of the molecule is Cc1[nH]c2ccccc2c1C(=O)[C@H](C)OC(=O)CCn1cnc2sccc2c1=O. The fraction of sp³-hybridized carbons (Fsp3) is 0.238. The molecule has 0 unspecified atom stereocenters.